The van der Waals surface area contributed by atoms with E-state index in [0.29, 0.717) is 31.1 Å². The quantitative estimate of drug-likeness (QED) is 0.748. The third kappa shape index (κ3) is 1.61. The minimum Gasteiger partial charge on any atom is -0.392 e. The Bertz CT molecular complexity index is 616. The largest absolute Gasteiger partial charge is 0.392 e. The number of ketones is 2. The van der Waals surface area contributed by atoms with Gasteiger partial charge in [0, 0.05) is 12.8 Å². The van der Waals surface area contributed by atoms with E-state index in [1.54, 1.807) is 6.08 Å². The molecule has 118 valence electrons. The second-order valence-electron chi connectivity index (χ2n) is 8.13. The van der Waals surface area contributed by atoms with E-state index in [9.17, 15) is 14.7 Å². The van der Waals surface area contributed by atoms with Crippen molar-refractivity contribution in [1.29, 1.82) is 0 Å². The first-order chi connectivity index (χ1) is 10.4. The lowest BCUT2D eigenvalue weighted by Crippen LogP contribution is -2.55. The maximum Gasteiger partial charge on any atom is 0.156 e. The van der Waals surface area contributed by atoms with Crippen LogP contribution in [-0.2, 0) is 9.59 Å². The third-order valence-electron chi connectivity index (χ3n) is 7.34. The lowest BCUT2D eigenvalue weighted by Gasteiger charge is -2.56. The number of fused-ring (bicyclic) bond motifs is 5. The van der Waals surface area contributed by atoms with Crippen molar-refractivity contribution in [1.82, 2.24) is 0 Å². The Balaban J connectivity index is 1.80. The summed E-state index contributed by atoms with van der Waals surface area (Å²) in [5.74, 6) is 1.40. The zero-order valence-corrected chi connectivity index (χ0v) is 13.3. The van der Waals surface area contributed by atoms with Gasteiger partial charge in [-0.25, -0.2) is 0 Å². The van der Waals surface area contributed by atoms with Gasteiger partial charge in [-0.05, 0) is 61.0 Å². The van der Waals surface area contributed by atoms with Gasteiger partial charge in [0.25, 0.3) is 0 Å². The summed E-state index contributed by atoms with van der Waals surface area (Å²) in [5, 5.41) is 10.8. The lowest BCUT2D eigenvalue weighted by molar-refractivity contribution is -0.145. The van der Waals surface area contributed by atoms with Crippen LogP contribution in [0.1, 0.15) is 46.0 Å². The first-order valence-corrected chi connectivity index (χ1v) is 8.52. The molecule has 0 heterocycles. The van der Waals surface area contributed by atoms with Crippen LogP contribution in [0.2, 0.25) is 0 Å². The van der Waals surface area contributed by atoms with E-state index >= 15 is 0 Å². The van der Waals surface area contributed by atoms with Crippen molar-refractivity contribution in [3.05, 3.63) is 23.8 Å². The monoisotopic (exact) mass is 300 g/mol. The Kier molecular flexibility index (Phi) is 2.88. The molecule has 4 rings (SSSR count). The highest BCUT2D eigenvalue weighted by Crippen LogP contribution is 2.62. The molecule has 0 aromatic heterocycles. The summed E-state index contributed by atoms with van der Waals surface area (Å²) in [6.45, 7) is 4.22. The summed E-state index contributed by atoms with van der Waals surface area (Å²) in [7, 11) is 0. The number of aliphatic hydroxyl groups is 1. The normalized spacial score (nSPS) is 50.2. The van der Waals surface area contributed by atoms with Crippen molar-refractivity contribution in [3.8, 4) is 0 Å². The predicted octanol–water partition coefficient (Wildman–Crippen LogP) is 2.83. The second-order valence-corrected chi connectivity index (χ2v) is 8.13. The van der Waals surface area contributed by atoms with Crippen molar-refractivity contribution < 1.29 is 14.7 Å². The topological polar surface area (TPSA) is 54.4 Å². The molecule has 0 aliphatic heterocycles. The summed E-state index contributed by atoms with van der Waals surface area (Å²) in [6, 6.07) is 0. The number of rotatable bonds is 0. The molecule has 0 amide bonds. The standard InChI is InChI=1S/C19H24O3/c1-18-8-7-12(20)9-11(18)3-4-13-14-5-6-16(21)19(14,2)17(22)10-15(13)18/h3-4,9,13-15,17,22H,5-8,10H2,1-2H3/t13-,14-,15-,17?,18-,19-/m0/s1. The molecule has 1 unspecified atom stereocenters. The minimum absolute atomic E-state index is 0.0265. The van der Waals surface area contributed by atoms with Crippen molar-refractivity contribution in [2.75, 3.05) is 0 Å². The number of hydrogen-bond donors (Lipinski definition) is 1. The van der Waals surface area contributed by atoms with Crippen LogP contribution >= 0.6 is 0 Å². The minimum atomic E-state index is -0.562. The van der Waals surface area contributed by atoms with Crippen molar-refractivity contribution in [3.63, 3.8) is 0 Å². The third-order valence-corrected chi connectivity index (χ3v) is 7.34. The lowest BCUT2D eigenvalue weighted by atomic mass is 9.48. The molecule has 2 saturated carbocycles. The molecule has 0 radical (unpaired) electrons. The molecule has 4 aliphatic carbocycles. The summed E-state index contributed by atoms with van der Waals surface area (Å²) in [6.07, 6.45) is 9.26. The van der Waals surface area contributed by atoms with E-state index < -0.39 is 11.5 Å². The van der Waals surface area contributed by atoms with E-state index in [-0.39, 0.29) is 22.9 Å². The number of carbonyl (C=O) groups is 2. The van der Waals surface area contributed by atoms with Gasteiger partial charge in [-0.15, -0.1) is 0 Å². The number of aliphatic hydroxyl groups excluding tert-OH is 1. The second kappa shape index (κ2) is 4.41. The van der Waals surface area contributed by atoms with Crippen molar-refractivity contribution in [2.45, 2.75) is 52.1 Å². The average Bonchev–Trinajstić information content (AvgIpc) is 2.79. The van der Waals surface area contributed by atoms with Crippen molar-refractivity contribution in [2.24, 2.45) is 28.6 Å². The Morgan fingerprint density at radius 3 is 2.73 bits per heavy atom. The molecule has 0 bridgehead atoms. The van der Waals surface area contributed by atoms with E-state index in [2.05, 4.69) is 19.1 Å². The van der Waals surface area contributed by atoms with E-state index in [0.717, 1.165) is 18.4 Å². The molecular formula is C19H24O3. The molecule has 0 aromatic rings. The van der Waals surface area contributed by atoms with E-state index in [1.165, 1.54) is 0 Å². The van der Waals surface area contributed by atoms with Crippen LogP contribution in [0.4, 0.5) is 0 Å². The fourth-order valence-electron chi connectivity index (χ4n) is 5.75. The zero-order chi connectivity index (χ0) is 15.7. The molecule has 3 nitrogen and oxygen atoms in total. The van der Waals surface area contributed by atoms with Gasteiger partial charge in [-0.1, -0.05) is 19.1 Å². The van der Waals surface area contributed by atoms with Crippen LogP contribution in [0.5, 0.6) is 0 Å². The van der Waals surface area contributed by atoms with Gasteiger partial charge in [-0.3, -0.25) is 9.59 Å². The number of allylic oxidation sites excluding steroid dienone is 4. The molecule has 4 aliphatic rings. The van der Waals surface area contributed by atoms with Gasteiger partial charge in [0.2, 0.25) is 0 Å². The molecular weight excluding hydrogens is 276 g/mol. The summed E-state index contributed by atoms with van der Waals surface area (Å²) < 4.78 is 0. The van der Waals surface area contributed by atoms with Crippen LogP contribution < -0.4 is 0 Å². The maximum absolute atomic E-state index is 12.4. The molecule has 22 heavy (non-hydrogen) atoms. The molecule has 6 atom stereocenters. The van der Waals surface area contributed by atoms with Gasteiger partial charge in [-0.2, -0.15) is 0 Å². The molecule has 0 spiro atoms. The number of carbonyl (C=O) groups excluding carboxylic acids is 2. The molecule has 0 saturated heterocycles. The Morgan fingerprint density at radius 1 is 1.18 bits per heavy atom. The first kappa shape index (κ1) is 14.4. The molecule has 1 N–H and O–H groups in total. The summed E-state index contributed by atoms with van der Waals surface area (Å²) in [4.78, 5) is 24.1. The zero-order valence-electron chi connectivity index (χ0n) is 13.3. The SMILES string of the molecule is C[C@]12CCC(=O)C=C1C=C[C@@H]1[C@@H]2CC(O)[C@]2(C)C(=O)CC[C@@H]12. The smallest absolute Gasteiger partial charge is 0.156 e. The van der Waals surface area contributed by atoms with Crippen molar-refractivity contribution >= 4 is 11.6 Å². The maximum atomic E-state index is 12.4. The van der Waals surface area contributed by atoms with E-state index in [1.807, 2.05) is 6.92 Å². The van der Waals surface area contributed by atoms with Gasteiger partial charge in [0.05, 0.1) is 11.5 Å². The highest BCUT2D eigenvalue weighted by atomic mass is 16.3. The Hall–Kier alpha value is -1.22. The summed E-state index contributed by atoms with van der Waals surface area (Å²) >= 11 is 0. The Labute approximate surface area is 131 Å². The molecule has 0 aromatic carbocycles. The predicted molar refractivity (Wildman–Crippen MR) is 83.0 cm³/mol. The average molecular weight is 300 g/mol. The number of Topliss-reactive ketones (excluding diaryl/α,β-unsaturated/α-hetero) is 1. The van der Waals surface area contributed by atoms with Crippen LogP contribution in [-0.4, -0.2) is 22.8 Å². The highest BCUT2D eigenvalue weighted by molar-refractivity contribution is 5.92. The fraction of sp³-hybridized carbons (Fsp3) is 0.684. The van der Waals surface area contributed by atoms with Crippen LogP contribution in [0, 0.1) is 28.6 Å². The van der Waals surface area contributed by atoms with E-state index in [4.69, 9.17) is 0 Å². The number of hydrogen-bond acceptors (Lipinski definition) is 3. The molecule has 2 fully saturated rings. The van der Waals surface area contributed by atoms with Gasteiger partial charge < -0.3 is 5.11 Å². The molecule has 3 heteroatoms. The van der Waals surface area contributed by atoms with Crippen LogP contribution in [0.3, 0.4) is 0 Å². The van der Waals surface area contributed by atoms with Gasteiger partial charge >= 0.3 is 0 Å². The van der Waals surface area contributed by atoms with Crippen LogP contribution in [0.25, 0.3) is 0 Å². The van der Waals surface area contributed by atoms with Gasteiger partial charge in [0.15, 0.2) is 5.78 Å². The highest BCUT2D eigenvalue weighted by Gasteiger charge is 2.61. The fourth-order valence-corrected chi connectivity index (χ4v) is 5.75. The first-order valence-electron chi connectivity index (χ1n) is 8.52. The van der Waals surface area contributed by atoms with Gasteiger partial charge in [0.1, 0.15) is 5.78 Å². The summed E-state index contributed by atoms with van der Waals surface area (Å²) in [5.41, 5.74) is 0.541. The van der Waals surface area contributed by atoms with Crippen LogP contribution in [0.15, 0.2) is 23.8 Å². The Morgan fingerprint density at radius 2 is 1.95 bits per heavy atom.